The van der Waals surface area contributed by atoms with Gasteiger partial charge in [0.15, 0.2) is 0 Å². The Kier molecular flexibility index (Phi) is 8.44. The molecule has 1 spiro atoms. The van der Waals surface area contributed by atoms with Gasteiger partial charge in [0.25, 0.3) is 5.91 Å². The number of benzene rings is 2. The SMILES string of the molecule is CC[C@]12C=CCN(Cc3ccccc3)C(=O)[C@H]1[C@H]1C(=O)N(CCCCCO)C3C(=O)N(c4c(C)cccc4Cl)CC=C[C@@]31O2. The number of amides is 3. The minimum atomic E-state index is -1.33. The number of hydrogen-bond acceptors (Lipinski definition) is 5. The molecule has 0 saturated carbocycles. The number of likely N-dealkylation sites (tertiary alicyclic amines) is 1. The Morgan fingerprint density at radius 3 is 2.41 bits per heavy atom. The number of nitrogens with zero attached hydrogens (tertiary/aromatic N) is 3. The molecule has 0 aromatic heterocycles. The van der Waals surface area contributed by atoms with Crippen molar-refractivity contribution in [3.63, 3.8) is 0 Å². The number of aliphatic hydroxyl groups excluding tert-OH is 1. The summed E-state index contributed by atoms with van der Waals surface area (Å²) >= 11 is 6.67. The molecule has 5 atom stereocenters. The van der Waals surface area contributed by atoms with Crippen LogP contribution in [0.1, 0.15) is 43.7 Å². The number of unbranched alkanes of at least 4 members (excludes halogenated alkanes) is 2. The molecule has 4 heterocycles. The average Bonchev–Trinajstić information content (AvgIpc) is 3.31. The second-order valence-electron chi connectivity index (χ2n) is 12.3. The molecule has 0 bridgehead atoms. The Labute approximate surface area is 263 Å². The van der Waals surface area contributed by atoms with Gasteiger partial charge >= 0.3 is 0 Å². The van der Waals surface area contributed by atoms with E-state index >= 15 is 0 Å². The highest BCUT2D eigenvalue weighted by Gasteiger charge is 2.75. The summed E-state index contributed by atoms with van der Waals surface area (Å²) in [5.41, 5.74) is 0.0980. The molecular weight excluding hydrogens is 578 g/mol. The van der Waals surface area contributed by atoms with Crippen LogP contribution in [0.15, 0.2) is 72.8 Å². The molecule has 9 heteroatoms. The van der Waals surface area contributed by atoms with Gasteiger partial charge in [0.1, 0.15) is 11.6 Å². The molecule has 4 aliphatic heterocycles. The Morgan fingerprint density at radius 1 is 0.909 bits per heavy atom. The fourth-order valence-corrected chi connectivity index (χ4v) is 8.06. The normalized spacial score (nSPS) is 29.5. The maximum Gasteiger partial charge on any atom is 0.253 e. The molecule has 0 aliphatic carbocycles. The summed E-state index contributed by atoms with van der Waals surface area (Å²) < 4.78 is 7.09. The van der Waals surface area contributed by atoms with Gasteiger partial charge in [-0.15, -0.1) is 0 Å². The average molecular weight is 618 g/mol. The molecule has 8 nitrogen and oxygen atoms in total. The first-order valence-electron chi connectivity index (χ1n) is 15.6. The molecule has 1 N–H and O–H groups in total. The van der Waals surface area contributed by atoms with Crippen LogP contribution in [0.25, 0.3) is 0 Å². The predicted octanol–water partition coefficient (Wildman–Crippen LogP) is 4.67. The van der Waals surface area contributed by atoms with Crippen LogP contribution in [0, 0.1) is 18.8 Å². The number of para-hydroxylation sites is 1. The third kappa shape index (κ3) is 4.88. The van der Waals surface area contributed by atoms with Crippen LogP contribution >= 0.6 is 11.6 Å². The molecule has 6 rings (SSSR count). The van der Waals surface area contributed by atoms with Crippen molar-refractivity contribution in [1.82, 2.24) is 9.80 Å². The van der Waals surface area contributed by atoms with Crippen LogP contribution in [-0.4, -0.2) is 76.1 Å². The smallest absolute Gasteiger partial charge is 0.253 e. The van der Waals surface area contributed by atoms with Crippen LogP contribution in [-0.2, 0) is 25.7 Å². The largest absolute Gasteiger partial charge is 0.396 e. The summed E-state index contributed by atoms with van der Waals surface area (Å²) in [6, 6.07) is 14.4. The molecule has 0 radical (unpaired) electrons. The highest BCUT2D eigenvalue weighted by Crippen LogP contribution is 2.59. The van der Waals surface area contributed by atoms with Gasteiger partial charge in [0, 0.05) is 32.8 Å². The zero-order valence-electron chi connectivity index (χ0n) is 25.3. The van der Waals surface area contributed by atoms with Crippen molar-refractivity contribution in [2.75, 3.05) is 31.1 Å². The lowest BCUT2D eigenvalue weighted by molar-refractivity contribution is -0.150. The molecule has 2 aromatic carbocycles. The first kappa shape index (κ1) is 30.6. The van der Waals surface area contributed by atoms with Gasteiger partial charge in [0.05, 0.1) is 28.1 Å². The highest BCUT2D eigenvalue weighted by atomic mass is 35.5. The number of carbonyl (C=O) groups is 3. The van der Waals surface area contributed by atoms with Gasteiger partial charge < -0.3 is 24.5 Å². The third-order valence-corrected chi connectivity index (χ3v) is 10.1. The number of aliphatic hydroxyl groups is 1. The quantitative estimate of drug-likeness (QED) is 0.326. The van der Waals surface area contributed by atoms with Gasteiger partial charge in [-0.3, -0.25) is 14.4 Å². The molecule has 232 valence electrons. The van der Waals surface area contributed by atoms with E-state index in [-0.39, 0.29) is 30.9 Å². The summed E-state index contributed by atoms with van der Waals surface area (Å²) in [5, 5.41) is 9.81. The predicted molar refractivity (Wildman–Crippen MR) is 169 cm³/mol. The molecule has 2 aromatic rings. The second-order valence-corrected chi connectivity index (χ2v) is 12.7. The Hall–Kier alpha value is -3.46. The Balaban J connectivity index is 1.45. The summed E-state index contributed by atoms with van der Waals surface area (Å²) in [6.07, 6.45) is 10.1. The summed E-state index contributed by atoms with van der Waals surface area (Å²) in [7, 11) is 0. The maximum atomic E-state index is 14.8. The van der Waals surface area contributed by atoms with Crippen molar-refractivity contribution in [2.24, 2.45) is 11.8 Å². The fraction of sp³-hybridized carbons (Fsp3) is 0.457. The van der Waals surface area contributed by atoms with Crippen LogP contribution in [0.4, 0.5) is 5.69 Å². The first-order valence-corrected chi connectivity index (χ1v) is 16.0. The van der Waals surface area contributed by atoms with E-state index in [0.717, 1.165) is 11.1 Å². The first-order chi connectivity index (χ1) is 21.3. The van der Waals surface area contributed by atoms with E-state index in [4.69, 9.17) is 16.3 Å². The van der Waals surface area contributed by atoms with E-state index in [0.29, 0.717) is 56.0 Å². The van der Waals surface area contributed by atoms with Gasteiger partial charge in [-0.05, 0) is 49.8 Å². The van der Waals surface area contributed by atoms with Crippen molar-refractivity contribution in [3.05, 3.63) is 89.0 Å². The minimum absolute atomic E-state index is 0.0630. The zero-order chi connectivity index (χ0) is 31.1. The van der Waals surface area contributed by atoms with Crippen LogP contribution < -0.4 is 4.90 Å². The lowest BCUT2D eigenvalue weighted by Gasteiger charge is -2.38. The molecule has 4 aliphatic rings. The number of ether oxygens (including phenoxy) is 1. The van der Waals surface area contributed by atoms with Crippen molar-refractivity contribution in [3.8, 4) is 0 Å². The number of fused-ring (bicyclic) bond motifs is 2. The minimum Gasteiger partial charge on any atom is -0.396 e. The topological polar surface area (TPSA) is 90.4 Å². The van der Waals surface area contributed by atoms with Crippen LogP contribution in [0.5, 0.6) is 0 Å². The molecule has 2 fully saturated rings. The number of hydrogen-bond donors (Lipinski definition) is 1. The number of halogens is 1. The van der Waals surface area contributed by atoms with Gasteiger partial charge in [-0.2, -0.15) is 0 Å². The lowest BCUT2D eigenvalue weighted by Crippen LogP contribution is -2.56. The van der Waals surface area contributed by atoms with Gasteiger partial charge in [-0.25, -0.2) is 0 Å². The van der Waals surface area contributed by atoms with Crippen molar-refractivity contribution in [1.29, 1.82) is 0 Å². The van der Waals surface area contributed by atoms with Crippen LogP contribution in [0.3, 0.4) is 0 Å². The molecule has 2 saturated heterocycles. The maximum absolute atomic E-state index is 14.8. The van der Waals surface area contributed by atoms with E-state index in [2.05, 4.69) is 0 Å². The number of aryl methyl sites for hydroxylation is 1. The summed E-state index contributed by atoms with van der Waals surface area (Å²) in [4.78, 5) is 49.1. The number of carbonyl (C=O) groups excluding carboxylic acids is 3. The molecule has 3 amide bonds. The summed E-state index contributed by atoms with van der Waals surface area (Å²) in [6.45, 7) is 5.36. The van der Waals surface area contributed by atoms with E-state index < -0.39 is 29.1 Å². The highest BCUT2D eigenvalue weighted by molar-refractivity contribution is 6.34. The van der Waals surface area contributed by atoms with E-state index in [1.807, 2.05) is 80.6 Å². The summed E-state index contributed by atoms with van der Waals surface area (Å²) in [5.74, 6) is -2.31. The Bertz CT molecular complexity index is 1470. The molecule has 1 unspecified atom stereocenters. The molecular formula is C35H40ClN3O5. The Morgan fingerprint density at radius 2 is 1.68 bits per heavy atom. The monoisotopic (exact) mass is 617 g/mol. The van der Waals surface area contributed by atoms with Crippen molar-refractivity contribution in [2.45, 2.75) is 63.3 Å². The second kappa shape index (κ2) is 12.1. The fourth-order valence-electron chi connectivity index (χ4n) is 7.73. The zero-order valence-corrected chi connectivity index (χ0v) is 26.1. The van der Waals surface area contributed by atoms with Gasteiger partial charge in [-0.1, -0.05) is 85.3 Å². The number of rotatable bonds is 9. The van der Waals surface area contributed by atoms with E-state index in [1.54, 1.807) is 20.8 Å². The van der Waals surface area contributed by atoms with Gasteiger partial charge in [0.2, 0.25) is 11.8 Å². The van der Waals surface area contributed by atoms with Crippen molar-refractivity contribution >= 4 is 35.0 Å². The van der Waals surface area contributed by atoms with E-state index in [9.17, 15) is 19.5 Å². The third-order valence-electron chi connectivity index (χ3n) is 9.75. The standard InChI is InChI=1S/C35H40ClN3O5/c1-3-34-17-11-19-37(23-25-14-6-4-7-15-25)31(41)27(34)28-32(42)39(20-8-5-9-22-40)30-33(43)38(21-12-18-35(28,30)44-34)29-24(2)13-10-16-26(29)36/h4,6-7,10-18,27-28,30,40H,3,5,8-9,19-23H2,1-2H3/t27-,28+,30?,34+,35+/m1/s1. The lowest BCUT2D eigenvalue weighted by atomic mass is 9.73. The van der Waals surface area contributed by atoms with Crippen molar-refractivity contribution < 1.29 is 24.2 Å². The molecule has 44 heavy (non-hydrogen) atoms. The number of anilines is 1. The van der Waals surface area contributed by atoms with Crippen LogP contribution in [0.2, 0.25) is 5.02 Å². The van der Waals surface area contributed by atoms with E-state index in [1.165, 1.54) is 0 Å².